The van der Waals surface area contributed by atoms with E-state index in [1.807, 2.05) is 43.5 Å². The lowest BCUT2D eigenvalue weighted by Gasteiger charge is -2.11. The van der Waals surface area contributed by atoms with Gasteiger partial charge in [0.1, 0.15) is 11.1 Å². The Kier molecular flexibility index (Phi) is 5.65. The van der Waals surface area contributed by atoms with Crippen LogP contribution in [0.4, 0.5) is 5.69 Å². The van der Waals surface area contributed by atoms with Crippen molar-refractivity contribution in [1.29, 1.82) is 5.26 Å². The summed E-state index contributed by atoms with van der Waals surface area (Å²) < 4.78 is 0. The monoisotopic (exact) mass is 420 g/mol. The molecule has 146 valence electrons. The average Bonchev–Trinajstić information content (AvgIpc) is 3.36. The van der Waals surface area contributed by atoms with Gasteiger partial charge in [-0.2, -0.15) is 5.26 Å². The first-order valence-electron chi connectivity index (χ1n) is 9.43. The van der Waals surface area contributed by atoms with Crippen molar-refractivity contribution >= 4 is 34.7 Å². The van der Waals surface area contributed by atoms with Crippen LogP contribution in [0, 0.1) is 25.2 Å². The molecular formula is C22H20N4OS2. The number of anilines is 1. The molecule has 0 bridgehead atoms. The molecule has 1 aliphatic carbocycles. The molecule has 4 rings (SSSR count). The summed E-state index contributed by atoms with van der Waals surface area (Å²) in [6.07, 6.45) is 3.02. The fourth-order valence-electron chi connectivity index (χ4n) is 3.56. The van der Waals surface area contributed by atoms with E-state index in [0.717, 1.165) is 52.5 Å². The number of hydrogen-bond acceptors (Lipinski definition) is 6. The molecule has 2 heterocycles. The van der Waals surface area contributed by atoms with Gasteiger partial charge in [0, 0.05) is 22.3 Å². The van der Waals surface area contributed by atoms with Gasteiger partial charge in [-0.05, 0) is 56.4 Å². The van der Waals surface area contributed by atoms with Crippen LogP contribution in [0.25, 0.3) is 11.3 Å². The van der Waals surface area contributed by atoms with Crippen LogP contribution < -0.4 is 5.32 Å². The van der Waals surface area contributed by atoms with Gasteiger partial charge in [0.15, 0.2) is 0 Å². The number of hydrogen-bond donors (Lipinski definition) is 1. The van der Waals surface area contributed by atoms with Crippen molar-refractivity contribution in [1.82, 2.24) is 9.97 Å². The Bertz CT molecular complexity index is 1130. The number of rotatable bonds is 5. The second kappa shape index (κ2) is 8.36. The van der Waals surface area contributed by atoms with Gasteiger partial charge in [-0.1, -0.05) is 23.9 Å². The molecule has 29 heavy (non-hydrogen) atoms. The molecular weight excluding hydrogens is 400 g/mol. The predicted molar refractivity (Wildman–Crippen MR) is 117 cm³/mol. The number of benzene rings is 1. The number of aryl methyl sites for hydroxylation is 2. The molecule has 3 aromatic rings. The summed E-state index contributed by atoms with van der Waals surface area (Å²) in [5.74, 6) is 0.0883. The van der Waals surface area contributed by atoms with Gasteiger partial charge < -0.3 is 5.32 Å². The van der Waals surface area contributed by atoms with Crippen LogP contribution in [0.3, 0.4) is 0 Å². The number of carbonyl (C=O) groups is 1. The second-order valence-corrected chi connectivity index (χ2v) is 9.00. The SMILES string of the molecule is Cc1nc(-c2cccc(NC(=O)CSc3nc4c(c(C)c3C#N)CCC4)c2)cs1. The molecule has 1 N–H and O–H groups in total. The molecule has 0 saturated carbocycles. The van der Waals surface area contributed by atoms with E-state index < -0.39 is 0 Å². The van der Waals surface area contributed by atoms with Crippen molar-refractivity contribution < 1.29 is 4.79 Å². The third-order valence-corrected chi connectivity index (χ3v) is 6.73. The predicted octanol–water partition coefficient (Wildman–Crippen LogP) is 4.91. The number of fused-ring (bicyclic) bond motifs is 1. The van der Waals surface area contributed by atoms with Crippen LogP contribution in [-0.4, -0.2) is 21.6 Å². The van der Waals surface area contributed by atoms with Crippen molar-refractivity contribution in [3.63, 3.8) is 0 Å². The third-order valence-electron chi connectivity index (χ3n) is 4.98. The maximum absolute atomic E-state index is 12.5. The molecule has 0 aliphatic heterocycles. The second-order valence-electron chi connectivity index (χ2n) is 6.98. The molecule has 0 saturated heterocycles. The maximum Gasteiger partial charge on any atom is 0.234 e. The Morgan fingerprint density at radius 3 is 2.93 bits per heavy atom. The number of carbonyl (C=O) groups excluding carboxylic acids is 1. The van der Waals surface area contributed by atoms with Crippen LogP contribution in [0.1, 0.15) is 33.8 Å². The Morgan fingerprint density at radius 1 is 1.31 bits per heavy atom. The normalized spacial score (nSPS) is 12.4. The highest BCUT2D eigenvalue weighted by Gasteiger charge is 2.21. The van der Waals surface area contributed by atoms with Crippen LogP contribution in [0.2, 0.25) is 0 Å². The minimum Gasteiger partial charge on any atom is -0.325 e. The van der Waals surface area contributed by atoms with Gasteiger partial charge in [0.05, 0.1) is 22.0 Å². The zero-order valence-electron chi connectivity index (χ0n) is 16.3. The average molecular weight is 421 g/mol. The summed E-state index contributed by atoms with van der Waals surface area (Å²) in [4.78, 5) is 21.7. The Morgan fingerprint density at radius 2 is 2.17 bits per heavy atom. The molecule has 1 aromatic carbocycles. The zero-order chi connectivity index (χ0) is 20.4. The van der Waals surface area contributed by atoms with E-state index in [2.05, 4.69) is 21.4 Å². The summed E-state index contributed by atoms with van der Waals surface area (Å²) in [5, 5.41) is 16.2. The number of pyridine rings is 1. The van der Waals surface area contributed by atoms with Crippen LogP contribution in [0.5, 0.6) is 0 Å². The van der Waals surface area contributed by atoms with E-state index in [1.165, 1.54) is 17.3 Å². The lowest BCUT2D eigenvalue weighted by Crippen LogP contribution is -2.14. The van der Waals surface area contributed by atoms with Crippen molar-refractivity contribution in [3.05, 3.63) is 57.0 Å². The van der Waals surface area contributed by atoms with Gasteiger partial charge >= 0.3 is 0 Å². The van der Waals surface area contributed by atoms with E-state index >= 15 is 0 Å². The minimum atomic E-state index is -0.120. The molecule has 1 aliphatic rings. The summed E-state index contributed by atoms with van der Waals surface area (Å²) in [6, 6.07) is 9.95. The van der Waals surface area contributed by atoms with E-state index in [0.29, 0.717) is 10.6 Å². The lowest BCUT2D eigenvalue weighted by atomic mass is 10.0. The number of thioether (sulfide) groups is 1. The van der Waals surface area contributed by atoms with Crippen molar-refractivity contribution in [2.45, 2.75) is 38.1 Å². The number of nitriles is 1. The minimum absolute atomic E-state index is 0.120. The summed E-state index contributed by atoms with van der Waals surface area (Å²) in [6.45, 7) is 3.96. The standard InChI is InChI=1S/C22H20N4OS2/c1-13-17-7-4-8-19(17)26-22(18(13)10-23)29-12-21(27)25-16-6-3-5-15(9-16)20-11-28-14(2)24-20/h3,5-6,9,11H,4,7-8,12H2,1-2H3,(H,25,27). The van der Waals surface area contributed by atoms with Gasteiger partial charge in [-0.3, -0.25) is 4.79 Å². The highest BCUT2D eigenvalue weighted by atomic mass is 32.2. The van der Waals surface area contributed by atoms with Crippen LogP contribution in [0.15, 0.2) is 34.7 Å². The first kappa shape index (κ1) is 19.6. The fraction of sp³-hybridized carbons (Fsp3) is 0.273. The highest BCUT2D eigenvalue weighted by Crippen LogP contribution is 2.32. The van der Waals surface area contributed by atoms with Crippen LogP contribution in [-0.2, 0) is 17.6 Å². The van der Waals surface area contributed by atoms with E-state index in [4.69, 9.17) is 0 Å². The Hall–Kier alpha value is -2.69. The number of nitrogens with zero attached hydrogens (tertiary/aromatic N) is 3. The van der Waals surface area contributed by atoms with Crippen molar-refractivity contribution in [2.24, 2.45) is 0 Å². The van der Waals surface area contributed by atoms with Gasteiger partial charge in [0.2, 0.25) is 5.91 Å². The van der Waals surface area contributed by atoms with E-state index in [1.54, 1.807) is 11.3 Å². The number of thiazole rings is 1. The maximum atomic E-state index is 12.5. The fourth-order valence-corrected chi connectivity index (χ4v) is 5.04. The number of aromatic nitrogens is 2. The molecule has 0 atom stereocenters. The molecule has 7 heteroatoms. The quantitative estimate of drug-likeness (QED) is 0.593. The lowest BCUT2D eigenvalue weighted by molar-refractivity contribution is -0.113. The van der Waals surface area contributed by atoms with E-state index in [9.17, 15) is 10.1 Å². The number of nitrogens with one attached hydrogen (secondary N) is 1. The summed E-state index contributed by atoms with van der Waals surface area (Å²) in [5.41, 5.74) is 6.53. The summed E-state index contributed by atoms with van der Waals surface area (Å²) in [7, 11) is 0. The smallest absolute Gasteiger partial charge is 0.234 e. The van der Waals surface area contributed by atoms with Gasteiger partial charge in [0.25, 0.3) is 0 Å². The topological polar surface area (TPSA) is 78.7 Å². The molecule has 5 nitrogen and oxygen atoms in total. The molecule has 0 spiro atoms. The van der Waals surface area contributed by atoms with Crippen molar-refractivity contribution in [2.75, 3.05) is 11.1 Å². The first-order chi connectivity index (χ1) is 14.0. The highest BCUT2D eigenvalue weighted by molar-refractivity contribution is 8.00. The third kappa shape index (κ3) is 4.19. The van der Waals surface area contributed by atoms with Gasteiger partial charge in [-0.25, -0.2) is 9.97 Å². The first-order valence-corrected chi connectivity index (χ1v) is 11.3. The van der Waals surface area contributed by atoms with Gasteiger partial charge in [-0.15, -0.1) is 11.3 Å². The Balaban J connectivity index is 1.45. The molecule has 0 unspecified atom stereocenters. The largest absolute Gasteiger partial charge is 0.325 e. The Labute approximate surface area is 178 Å². The zero-order valence-corrected chi connectivity index (χ0v) is 17.9. The molecule has 0 fully saturated rings. The summed E-state index contributed by atoms with van der Waals surface area (Å²) >= 11 is 2.93. The van der Waals surface area contributed by atoms with E-state index in [-0.39, 0.29) is 11.7 Å². The molecule has 1 amide bonds. The molecule has 0 radical (unpaired) electrons. The number of amides is 1. The van der Waals surface area contributed by atoms with Crippen LogP contribution >= 0.6 is 23.1 Å². The van der Waals surface area contributed by atoms with Crippen molar-refractivity contribution in [3.8, 4) is 17.3 Å². The molecule has 2 aromatic heterocycles.